The third-order valence-electron chi connectivity index (χ3n) is 13.6. The van der Waals surface area contributed by atoms with Crippen molar-refractivity contribution in [2.24, 2.45) is 29.6 Å². The fourth-order valence-electron chi connectivity index (χ4n) is 10.8. The number of nitrogens with zero attached hydrogens (tertiary/aromatic N) is 1. The lowest BCUT2D eigenvalue weighted by Crippen LogP contribution is -2.55. The number of nitrogens with one attached hydrogen (secondary N) is 2. The summed E-state index contributed by atoms with van der Waals surface area (Å²) in [6, 6.07) is -1.05. The summed E-state index contributed by atoms with van der Waals surface area (Å²) in [5.41, 5.74) is 3.60. The third-order valence-corrected chi connectivity index (χ3v) is 13.6. The number of imide groups is 2. The molecule has 6 aliphatic rings. The van der Waals surface area contributed by atoms with E-state index in [0.29, 0.717) is 77.2 Å². The maximum atomic E-state index is 13.4. The Morgan fingerprint density at radius 3 is 1.98 bits per heavy atom. The van der Waals surface area contributed by atoms with E-state index in [2.05, 4.69) is 17.6 Å². The molecule has 55 heavy (non-hydrogen) atoms. The minimum absolute atomic E-state index is 0.105. The van der Waals surface area contributed by atoms with Crippen molar-refractivity contribution in [3.63, 3.8) is 0 Å². The van der Waals surface area contributed by atoms with Crippen molar-refractivity contribution in [2.75, 3.05) is 52.8 Å². The molecule has 12 heteroatoms. The highest BCUT2D eigenvalue weighted by Crippen LogP contribution is 2.46. The minimum atomic E-state index is -0.897. The van der Waals surface area contributed by atoms with Gasteiger partial charge in [0.15, 0.2) is 0 Å². The number of aliphatic hydroxyl groups is 1. The number of piperidine rings is 1. The van der Waals surface area contributed by atoms with Gasteiger partial charge in [-0.2, -0.15) is 0 Å². The molecule has 12 nitrogen and oxygen atoms in total. The Morgan fingerprint density at radius 2 is 1.33 bits per heavy atom. The van der Waals surface area contributed by atoms with Crippen molar-refractivity contribution < 1.29 is 43.2 Å². The predicted octanol–water partition coefficient (Wildman–Crippen LogP) is 5.00. The summed E-state index contributed by atoms with van der Waals surface area (Å²) in [5.74, 6) is -0.292. The van der Waals surface area contributed by atoms with E-state index in [4.69, 9.17) is 18.9 Å². The molecule has 2 aliphatic heterocycles. The number of aliphatic hydroxyl groups excluding tert-OH is 1. The lowest BCUT2D eigenvalue weighted by molar-refractivity contribution is -0.151. The molecule has 0 spiro atoms. The molecule has 6 rings (SSSR count). The van der Waals surface area contributed by atoms with Crippen molar-refractivity contribution >= 4 is 23.6 Å². The van der Waals surface area contributed by atoms with Crippen LogP contribution in [0.2, 0.25) is 0 Å². The number of likely N-dealkylation sites (tertiary alicyclic amines) is 1. The first-order valence-electron chi connectivity index (χ1n) is 22.0. The zero-order valence-electron chi connectivity index (χ0n) is 33.4. The molecule has 4 unspecified atom stereocenters. The predicted molar refractivity (Wildman–Crippen MR) is 207 cm³/mol. The molecule has 2 heterocycles. The Hall–Kier alpha value is -2.22. The van der Waals surface area contributed by atoms with Gasteiger partial charge in [-0.05, 0) is 108 Å². The fraction of sp³-hybridized carbons (Fsp3) is 0.860. The van der Waals surface area contributed by atoms with Gasteiger partial charge in [-0.1, -0.05) is 43.8 Å². The molecule has 4 aliphatic carbocycles. The van der Waals surface area contributed by atoms with Crippen molar-refractivity contribution in [1.82, 2.24) is 15.5 Å². The van der Waals surface area contributed by atoms with E-state index in [1.807, 2.05) is 5.57 Å². The number of allylic oxidation sites excluding steroid dienone is 2. The van der Waals surface area contributed by atoms with Crippen molar-refractivity contribution in [2.45, 2.75) is 153 Å². The first-order chi connectivity index (χ1) is 26.9. The van der Waals surface area contributed by atoms with Gasteiger partial charge in [0.1, 0.15) is 6.04 Å². The van der Waals surface area contributed by atoms with E-state index in [-0.39, 0.29) is 42.7 Å². The van der Waals surface area contributed by atoms with E-state index >= 15 is 0 Å². The van der Waals surface area contributed by atoms with Crippen LogP contribution in [-0.2, 0) is 38.1 Å². The Balaban J connectivity index is 0.797. The summed E-state index contributed by atoms with van der Waals surface area (Å²) in [6.07, 6.45) is 19.7. The van der Waals surface area contributed by atoms with Crippen molar-refractivity contribution in [3.8, 4) is 0 Å². The molecule has 6 fully saturated rings. The minimum Gasteiger partial charge on any atom is -0.393 e. The number of hydrogen-bond acceptors (Lipinski definition) is 10. The number of hydrogen-bond donors (Lipinski definition) is 3. The van der Waals surface area contributed by atoms with Crippen molar-refractivity contribution in [1.29, 1.82) is 0 Å². The Morgan fingerprint density at radius 1 is 0.691 bits per heavy atom. The molecule has 0 aromatic rings. The molecular weight excluding hydrogens is 702 g/mol. The number of ether oxygens (including phenoxy) is 4. The van der Waals surface area contributed by atoms with Crippen LogP contribution in [0.4, 0.5) is 0 Å². The van der Waals surface area contributed by atoms with Gasteiger partial charge >= 0.3 is 0 Å². The molecule has 4 saturated carbocycles. The summed E-state index contributed by atoms with van der Waals surface area (Å²) in [5, 5.41) is 15.9. The monoisotopic (exact) mass is 772 g/mol. The quantitative estimate of drug-likeness (QED) is 0.0930. The van der Waals surface area contributed by atoms with Gasteiger partial charge in [0.2, 0.25) is 23.6 Å². The van der Waals surface area contributed by atoms with Gasteiger partial charge in [0.05, 0.1) is 70.3 Å². The summed E-state index contributed by atoms with van der Waals surface area (Å²) >= 11 is 0. The maximum Gasteiger partial charge on any atom is 0.249 e. The zero-order chi connectivity index (χ0) is 38.6. The molecule has 0 bridgehead atoms. The van der Waals surface area contributed by atoms with Gasteiger partial charge in [0.25, 0.3) is 0 Å². The van der Waals surface area contributed by atoms with Crippen LogP contribution < -0.4 is 10.6 Å². The standard InChI is InChI=1S/C43H69N3O9/c1-2-34(29-7-4-3-5-8-29)39(30-11-15-32(47)16-12-30)31-13-17-33(18-14-31)55-28-27-54-26-25-53-24-23-52-22-21-44-36-10-6-9-35-40(36)43(51)46(42(35)50)37-19-20-38(48)45-41(37)49/h29-33,35-37,40,44,47H,2-28H2,1H3,(H,45,48,49)/b39-34-. The van der Waals surface area contributed by atoms with Crippen molar-refractivity contribution in [3.05, 3.63) is 11.1 Å². The summed E-state index contributed by atoms with van der Waals surface area (Å²) in [4.78, 5) is 51.6. The van der Waals surface area contributed by atoms with E-state index in [1.54, 1.807) is 5.57 Å². The molecule has 3 N–H and O–H groups in total. The highest BCUT2D eigenvalue weighted by Gasteiger charge is 2.55. The van der Waals surface area contributed by atoms with E-state index in [0.717, 1.165) is 62.2 Å². The average Bonchev–Trinajstić information content (AvgIpc) is 3.45. The number of rotatable bonds is 19. The van der Waals surface area contributed by atoms with Crippen LogP contribution in [0.1, 0.15) is 129 Å². The number of amides is 4. The molecule has 0 aromatic heterocycles. The molecule has 4 atom stereocenters. The summed E-state index contributed by atoms with van der Waals surface area (Å²) < 4.78 is 23.5. The Labute approximate surface area is 328 Å². The second-order valence-electron chi connectivity index (χ2n) is 17.0. The molecule has 310 valence electrons. The van der Waals surface area contributed by atoms with Crippen LogP contribution in [0.25, 0.3) is 0 Å². The molecule has 2 saturated heterocycles. The van der Waals surface area contributed by atoms with Gasteiger partial charge in [0, 0.05) is 19.0 Å². The van der Waals surface area contributed by atoms with Crippen LogP contribution >= 0.6 is 0 Å². The first-order valence-corrected chi connectivity index (χ1v) is 22.0. The van der Waals surface area contributed by atoms with E-state index in [1.165, 1.54) is 51.4 Å². The van der Waals surface area contributed by atoms with Crippen LogP contribution in [0.5, 0.6) is 0 Å². The lowest BCUT2D eigenvalue weighted by Gasteiger charge is -2.39. The lowest BCUT2D eigenvalue weighted by atomic mass is 9.68. The summed E-state index contributed by atoms with van der Waals surface area (Å²) in [7, 11) is 0. The molecule has 0 radical (unpaired) electrons. The largest absolute Gasteiger partial charge is 0.393 e. The van der Waals surface area contributed by atoms with Gasteiger partial charge < -0.3 is 29.4 Å². The highest BCUT2D eigenvalue weighted by atomic mass is 16.6. The topological polar surface area (TPSA) is 153 Å². The zero-order valence-corrected chi connectivity index (χ0v) is 33.4. The SMILES string of the molecule is CC/C(=C(\C1CCC(O)CC1)C1CCC(OCCOCCOCCOCCNC2CCCC3C(=O)N(C4CCC(=O)NC4=O)C(=O)C23)CC1)C1CCCCC1. The molecule has 0 aromatic carbocycles. The average molecular weight is 772 g/mol. The van der Waals surface area contributed by atoms with Gasteiger partial charge in [-0.3, -0.25) is 29.4 Å². The first kappa shape index (κ1) is 42.4. The molecular formula is C43H69N3O9. The Bertz CT molecular complexity index is 1300. The second-order valence-corrected chi connectivity index (χ2v) is 17.0. The van der Waals surface area contributed by atoms with Gasteiger partial charge in [-0.25, -0.2) is 0 Å². The number of carbonyl (C=O) groups excluding carboxylic acids is 4. The van der Waals surface area contributed by atoms with E-state index in [9.17, 15) is 24.3 Å². The number of fused-ring (bicyclic) bond motifs is 1. The third kappa shape index (κ3) is 11.3. The fourth-order valence-corrected chi connectivity index (χ4v) is 10.8. The molecule has 4 amide bonds. The normalized spacial score (nSPS) is 32.7. The van der Waals surface area contributed by atoms with Crippen LogP contribution in [0.15, 0.2) is 11.1 Å². The highest BCUT2D eigenvalue weighted by molar-refractivity contribution is 6.11. The van der Waals surface area contributed by atoms with Crippen LogP contribution in [-0.4, -0.2) is 111 Å². The maximum absolute atomic E-state index is 13.4. The smallest absolute Gasteiger partial charge is 0.249 e. The Kier molecular flexibility index (Phi) is 16.6. The second kappa shape index (κ2) is 21.5. The van der Waals surface area contributed by atoms with Crippen LogP contribution in [0, 0.1) is 29.6 Å². The van der Waals surface area contributed by atoms with Gasteiger partial charge in [-0.15, -0.1) is 0 Å². The van der Waals surface area contributed by atoms with E-state index < -0.39 is 23.8 Å². The summed E-state index contributed by atoms with van der Waals surface area (Å²) in [6.45, 7) is 6.46. The van der Waals surface area contributed by atoms with Crippen LogP contribution in [0.3, 0.4) is 0 Å². The number of carbonyl (C=O) groups is 4.